The third-order valence-electron chi connectivity index (χ3n) is 1.57. The highest BCUT2D eigenvalue weighted by molar-refractivity contribution is 5.77. The fraction of sp³-hybridized carbons (Fsp3) is 0.571. The normalized spacial score (nSPS) is 12.4. The van der Waals surface area contributed by atoms with Gasteiger partial charge in [0.2, 0.25) is 0 Å². The Kier molecular flexibility index (Phi) is 4.57. The molecule has 14 heavy (non-hydrogen) atoms. The van der Waals surface area contributed by atoms with Crippen molar-refractivity contribution in [1.29, 1.82) is 0 Å². The van der Waals surface area contributed by atoms with Crippen LogP contribution in [0.15, 0.2) is 0 Å². The number of aliphatic hydroxyl groups excluding tert-OH is 1. The van der Waals surface area contributed by atoms with Gasteiger partial charge in [0.1, 0.15) is 0 Å². The molecule has 0 heterocycles. The fourth-order valence-electron chi connectivity index (χ4n) is 0.946. The van der Waals surface area contributed by atoms with Gasteiger partial charge in [-0.2, -0.15) is 0 Å². The predicted molar refractivity (Wildman–Crippen MR) is 41.6 cm³/mol. The van der Waals surface area contributed by atoms with Crippen molar-refractivity contribution in [2.24, 2.45) is 5.92 Å². The topological polar surface area (TPSA) is 132 Å². The minimum absolute atomic E-state index is 0.695. The van der Waals surface area contributed by atoms with Gasteiger partial charge in [0.25, 0.3) is 0 Å². The second-order valence-corrected chi connectivity index (χ2v) is 2.74. The van der Waals surface area contributed by atoms with Gasteiger partial charge in [-0.1, -0.05) is 0 Å². The molecular weight excluding hydrogens is 196 g/mol. The van der Waals surface area contributed by atoms with Crippen LogP contribution >= 0.6 is 0 Å². The van der Waals surface area contributed by atoms with Crippen molar-refractivity contribution in [2.75, 3.05) is 0 Å². The zero-order valence-electron chi connectivity index (χ0n) is 7.08. The average molecular weight is 206 g/mol. The molecule has 0 saturated heterocycles. The first-order valence-electron chi connectivity index (χ1n) is 3.69. The summed E-state index contributed by atoms with van der Waals surface area (Å²) in [4.78, 5) is 30.7. The first kappa shape index (κ1) is 12.4. The number of carboxylic acid groups (broad SMARTS) is 3. The molecule has 0 spiro atoms. The van der Waals surface area contributed by atoms with E-state index in [9.17, 15) is 14.4 Å². The van der Waals surface area contributed by atoms with Crippen molar-refractivity contribution < 1.29 is 34.8 Å². The van der Waals surface area contributed by atoms with Crippen LogP contribution in [0.25, 0.3) is 0 Å². The van der Waals surface area contributed by atoms with Crippen LogP contribution in [0.4, 0.5) is 0 Å². The second kappa shape index (κ2) is 5.18. The summed E-state index contributed by atoms with van der Waals surface area (Å²) in [7, 11) is 0. The first-order chi connectivity index (χ1) is 6.34. The van der Waals surface area contributed by atoms with Crippen LogP contribution in [0.1, 0.15) is 12.8 Å². The number of rotatable bonds is 6. The van der Waals surface area contributed by atoms with E-state index in [4.69, 9.17) is 20.4 Å². The summed E-state index contributed by atoms with van der Waals surface area (Å²) in [5.41, 5.74) is 0. The summed E-state index contributed by atoms with van der Waals surface area (Å²) in [6, 6.07) is 0. The third kappa shape index (κ3) is 4.41. The first-order valence-corrected chi connectivity index (χ1v) is 3.69. The minimum Gasteiger partial charge on any atom is -0.481 e. The summed E-state index contributed by atoms with van der Waals surface area (Å²) in [6.45, 7) is 0. The molecule has 4 N–H and O–H groups in total. The van der Waals surface area contributed by atoms with Crippen LogP contribution in [0.3, 0.4) is 0 Å². The fourth-order valence-corrected chi connectivity index (χ4v) is 0.946. The average Bonchev–Trinajstić information content (AvgIpc) is 1.99. The predicted octanol–water partition coefficient (Wildman–Crippen LogP) is -1.00. The lowest BCUT2D eigenvalue weighted by atomic mass is 9.95. The van der Waals surface area contributed by atoms with Crippen molar-refractivity contribution in [3.63, 3.8) is 0 Å². The summed E-state index contributed by atoms with van der Waals surface area (Å²) < 4.78 is 0. The standard InChI is InChI=1S/C7H10O7/c8-4(9)1-3(2-5(10)11)6(12)7(13)14/h3,6,12H,1-2H2,(H,8,9)(H,10,11)(H,13,14). The quantitative estimate of drug-likeness (QED) is 0.438. The van der Waals surface area contributed by atoms with Crippen LogP contribution < -0.4 is 0 Å². The Balaban J connectivity index is 4.45. The molecule has 0 aromatic rings. The van der Waals surface area contributed by atoms with Gasteiger partial charge in [-0.15, -0.1) is 0 Å². The molecule has 0 radical (unpaired) electrons. The van der Waals surface area contributed by atoms with Crippen molar-refractivity contribution >= 4 is 17.9 Å². The Morgan fingerprint density at radius 2 is 1.29 bits per heavy atom. The van der Waals surface area contributed by atoms with Gasteiger partial charge in [-0.05, 0) is 0 Å². The Bertz CT molecular complexity index is 230. The number of carboxylic acids is 3. The SMILES string of the molecule is O=C(O)CC(CC(=O)O)C(O)C(=O)O. The molecular formula is C7H10O7. The van der Waals surface area contributed by atoms with Crippen molar-refractivity contribution in [3.05, 3.63) is 0 Å². The second-order valence-electron chi connectivity index (χ2n) is 2.74. The van der Waals surface area contributed by atoms with E-state index < -0.39 is 42.8 Å². The highest BCUT2D eigenvalue weighted by Crippen LogP contribution is 2.14. The van der Waals surface area contributed by atoms with Crippen LogP contribution in [-0.4, -0.2) is 44.4 Å². The largest absolute Gasteiger partial charge is 0.481 e. The number of carbonyl (C=O) groups is 3. The molecule has 0 aromatic heterocycles. The van der Waals surface area contributed by atoms with E-state index in [1.54, 1.807) is 0 Å². The van der Waals surface area contributed by atoms with Crippen molar-refractivity contribution in [1.82, 2.24) is 0 Å². The third-order valence-corrected chi connectivity index (χ3v) is 1.57. The maximum Gasteiger partial charge on any atom is 0.332 e. The molecule has 0 aliphatic heterocycles. The Morgan fingerprint density at radius 1 is 0.929 bits per heavy atom. The Hall–Kier alpha value is -1.63. The molecule has 0 fully saturated rings. The van der Waals surface area contributed by atoms with Crippen LogP contribution in [0.2, 0.25) is 0 Å². The van der Waals surface area contributed by atoms with Gasteiger partial charge in [-0.3, -0.25) is 9.59 Å². The molecule has 0 saturated carbocycles. The molecule has 0 aliphatic rings. The van der Waals surface area contributed by atoms with Crippen LogP contribution in [0.5, 0.6) is 0 Å². The molecule has 80 valence electrons. The molecule has 0 amide bonds. The van der Waals surface area contributed by atoms with E-state index in [1.807, 2.05) is 0 Å². The number of hydrogen-bond donors (Lipinski definition) is 4. The lowest BCUT2D eigenvalue weighted by Gasteiger charge is -2.15. The highest BCUT2D eigenvalue weighted by atomic mass is 16.4. The lowest BCUT2D eigenvalue weighted by Crippen LogP contribution is -2.32. The van der Waals surface area contributed by atoms with Crippen molar-refractivity contribution in [3.8, 4) is 0 Å². The number of aliphatic carboxylic acids is 3. The van der Waals surface area contributed by atoms with Gasteiger partial charge >= 0.3 is 17.9 Å². The summed E-state index contributed by atoms with van der Waals surface area (Å²) in [5, 5.41) is 34.0. The van der Waals surface area contributed by atoms with Gasteiger partial charge in [0, 0.05) is 5.92 Å². The van der Waals surface area contributed by atoms with Crippen LogP contribution in [0, 0.1) is 5.92 Å². The molecule has 0 aromatic carbocycles. The van der Waals surface area contributed by atoms with Gasteiger partial charge in [0.05, 0.1) is 12.8 Å². The maximum atomic E-state index is 10.3. The molecule has 0 bridgehead atoms. The summed E-state index contributed by atoms with van der Waals surface area (Å²) in [6.07, 6.45) is -3.36. The Morgan fingerprint density at radius 3 is 1.50 bits per heavy atom. The lowest BCUT2D eigenvalue weighted by molar-refractivity contribution is -0.153. The molecule has 0 aliphatic carbocycles. The maximum absolute atomic E-state index is 10.3. The number of hydrogen-bond acceptors (Lipinski definition) is 4. The molecule has 1 atom stereocenters. The van der Waals surface area contributed by atoms with E-state index >= 15 is 0 Å². The van der Waals surface area contributed by atoms with Crippen molar-refractivity contribution in [2.45, 2.75) is 18.9 Å². The van der Waals surface area contributed by atoms with E-state index in [0.717, 1.165) is 0 Å². The molecule has 7 nitrogen and oxygen atoms in total. The van der Waals surface area contributed by atoms with Gasteiger partial charge in [-0.25, -0.2) is 4.79 Å². The Labute approximate surface area is 78.6 Å². The zero-order chi connectivity index (χ0) is 11.3. The molecule has 1 unspecified atom stereocenters. The smallest absolute Gasteiger partial charge is 0.332 e. The number of aliphatic hydroxyl groups is 1. The summed E-state index contributed by atoms with van der Waals surface area (Å²) >= 11 is 0. The van der Waals surface area contributed by atoms with Gasteiger partial charge in [0.15, 0.2) is 6.10 Å². The molecule has 0 rings (SSSR count). The van der Waals surface area contributed by atoms with E-state index in [2.05, 4.69) is 0 Å². The van der Waals surface area contributed by atoms with E-state index in [1.165, 1.54) is 0 Å². The van der Waals surface area contributed by atoms with E-state index in [-0.39, 0.29) is 0 Å². The highest BCUT2D eigenvalue weighted by Gasteiger charge is 2.29. The molecule has 7 heteroatoms. The summed E-state index contributed by atoms with van der Waals surface area (Å²) in [5.74, 6) is -5.65. The van der Waals surface area contributed by atoms with Crippen LogP contribution in [-0.2, 0) is 14.4 Å². The minimum atomic E-state index is -1.97. The zero-order valence-corrected chi connectivity index (χ0v) is 7.08. The monoisotopic (exact) mass is 206 g/mol. The van der Waals surface area contributed by atoms with Gasteiger partial charge < -0.3 is 20.4 Å². The van der Waals surface area contributed by atoms with E-state index in [0.29, 0.717) is 0 Å².